The second kappa shape index (κ2) is 5.49. The normalized spacial score (nSPS) is 28.5. The van der Waals surface area contributed by atoms with Crippen molar-refractivity contribution in [1.29, 1.82) is 0 Å². The topological polar surface area (TPSA) is 58.6 Å². The highest BCUT2D eigenvalue weighted by Crippen LogP contribution is 2.31. The number of methoxy groups -OCH3 is 1. The van der Waals surface area contributed by atoms with Crippen LogP contribution in [0.4, 0.5) is 0 Å². The minimum Gasteiger partial charge on any atom is -0.383 e. The summed E-state index contributed by atoms with van der Waals surface area (Å²) in [5, 5.41) is 2.88. The summed E-state index contributed by atoms with van der Waals surface area (Å²) in [6.45, 7) is 10.5. The van der Waals surface area contributed by atoms with Gasteiger partial charge in [-0.2, -0.15) is 0 Å². The van der Waals surface area contributed by atoms with E-state index in [0.29, 0.717) is 19.6 Å². The summed E-state index contributed by atoms with van der Waals surface area (Å²) in [4.78, 5) is 26.7. The average Bonchev–Trinajstić information content (AvgIpc) is 2.30. The monoisotopic (exact) mass is 270 g/mol. The van der Waals surface area contributed by atoms with Crippen LogP contribution in [0, 0.1) is 5.41 Å². The summed E-state index contributed by atoms with van der Waals surface area (Å²) in [6, 6.07) is -0.449. The zero-order valence-electron chi connectivity index (χ0n) is 12.9. The van der Waals surface area contributed by atoms with Crippen LogP contribution in [0.1, 0.15) is 41.0 Å². The van der Waals surface area contributed by atoms with Gasteiger partial charge in [0, 0.05) is 13.7 Å². The fourth-order valence-corrected chi connectivity index (χ4v) is 2.49. The fraction of sp³-hybridized carbons (Fsp3) is 0.857. The molecule has 110 valence electrons. The van der Waals surface area contributed by atoms with Gasteiger partial charge in [0.25, 0.3) is 0 Å². The Hall–Kier alpha value is -1.10. The molecular weight excluding hydrogens is 244 g/mol. The summed E-state index contributed by atoms with van der Waals surface area (Å²) in [7, 11) is 1.60. The van der Waals surface area contributed by atoms with E-state index < -0.39 is 11.6 Å². The van der Waals surface area contributed by atoms with E-state index in [9.17, 15) is 9.59 Å². The minimum absolute atomic E-state index is 0.0217. The van der Waals surface area contributed by atoms with Crippen LogP contribution in [0.5, 0.6) is 0 Å². The maximum atomic E-state index is 12.6. The van der Waals surface area contributed by atoms with Gasteiger partial charge in [0.15, 0.2) is 0 Å². The lowest BCUT2D eigenvalue weighted by Gasteiger charge is -2.48. The van der Waals surface area contributed by atoms with Gasteiger partial charge in [-0.15, -0.1) is 0 Å². The fourth-order valence-electron chi connectivity index (χ4n) is 2.49. The Bertz CT molecular complexity index is 362. The van der Waals surface area contributed by atoms with Crippen molar-refractivity contribution >= 4 is 11.8 Å². The Balaban J connectivity index is 3.11. The highest BCUT2D eigenvalue weighted by molar-refractivity contribution is 5.99. The van der Waals surface area contributed by atoms with E-state index in [2.05, 4.69) is 5.32 Å². The molecular formula is C14H26N2O3. The number of piperazine rings is 1. The van der Waals surface area contributed by atoms with Gasteiger partial charge >= 0.3 is 0 Å². The molecule has 0 saturated carbocycles. The van der Waals surface area contributed by atoms with Crippen LogP contribution in [0.2, 0.25) is 0 Å². The van der Waals surface area contributed by atoms with Crippen molar-refractivity contribution in [3.63, 3.8) is 0 Å². The number of carbonyl (C=O) groups excluding carboxylic acids is 2. The lowest BCUT2D eigenvalue weighted by molar-refractivity contribution is -0.159. The summed E-state index contributed by atoms with van der Waals surface area (Å²) in [5.74, 6) is -0.0980. The van der Waals surface area contributed by atoms with Gasteiger partial charge in [0.05, 0.1) is 6.61 Å². The Kier molecular flexibility index (Phi) is 4.61. The first-order valence-electron chi connectivity index (χ1n) is 6.79. The molecule has 0 bridgehead atoms. The largest absolute Gasteiger partial charge is 0.383 e. The summed E-state index contributed by atoms with van der Waals surface area (Å²) in [6.07, 6.45) is 0.581. The molecule has 5 heteroatoms. The molecule has 19 heavy (non-hydrogen) atoms. The zero-order valence-corrected chi connectivity index (χ0v) is 12.9. The number of carbonyl (C=O) groups is 2. The van der Waals surface area contributed by atoms with E-state index in [-0.39, 0.29) is 17.2 Å². The molecule has 1 rings (SSSR count). The van der Waals surface area contributed by atoms with Crippen molar-refractivity contribution in [1.82, 2.24) is 10.2 Å². The highest BCUT2D eigenvalue weighted by atomic mass is 16.5. The quantitative estimate of drug-likeness (QED) is 0.834. The number of amides is 2. The molecule has 1 N–H and O–H groups in total. The Morgan fingerprint density at radius 3 is 2.37 bits per heavy atom. The Morgan fingerprint density at radius 2 is 1.95 bits per heavy atom. The molecule has 1 saturated heterocycles. The van der Waals surface area contributed by atoms with Crippen LogP contribution >= 0.6 is 0 Å². The molecule has 1 aliphatic rings. The van der Waals surface area contributed by atoms with Crippen molar-refractivity contribution < 1.29 is 14.3 Å². The van der Waals surface area contributed by atoms with Gasteiger partial charge in [-0.05, 0) is 18.8 Å². The number of ether oxygens (including phenoxy) is 1. The van der Waals surface area contributed by atoms with Crippen molar-refractivity contribution in [2.24, 2.45) is 5.41 Å². The molecule has 0 aromatic rings. The lowest BCUT2D eigenvalue weighted by atomic mass is 9.80. The van der Waals surface area contributed by atoms with E-state index in [4.69, 9.17) is 4.74 Å². The predicted octanol–water partition coefficient (Wildman–Crippen LogP) is 1.17. The first kappa shape index (κ1) is 16.0. The van der Waals surface area contributed by atoms with Gasteiger partial charge in [-0.25, -0.2) is 0 Å². The second-order valence-corrected chi connectivity index (χ2v) is 6.43. The van der Waals surface area contributed by atoms with Gasteiger partial charge in [-0.1, -0.05) is 27.7 Å². The van der Waals surface area contributed by atoms with Gasteiger partial charge in [0.2, 0.25) is 11.8 Å². The van der Waals surface area contributed by atoms with Gasteiger partial charge in [0.1, 0.15) is 11.6 Å². The van der Waals surface area contributed by atoms with E-state index >= 15 is 0 Å². The third-order valence-corrected chi connectivity index (χ3v) is 3.76. The molecule has 2 amide bonds. The lowest BCUT2D eigenvalue weighted by Crippen LogP contribution is -2.71. The standard InChI is InChI=1S/C14H26N2O3/c1-7-14(5)12(18)16(8-9-19-6)10(11(17)15-14)13(2,3)4/h10H,7-9H2,1-6H3,(H,15,17). The van der Waals surface area contributed by atoms with Crippen molar-refractivity contribution in [2.45, 2.75) is 52.6 Å². The summed E-state index contributed by atoms with van der Waals surface area (Å²) >= 11 is 0. The summed E-state index contributed by atoms with van der Waals surface area (Å²) in [5.41, 5.74) is -1.10. The number of nitrogens with one attached hydrogen (secondary N) is 1. The smallest absolute Gasteiger partial charge is 0.248 e. The SMILES string of the molecule is CCC1(C)NC(=O)C(C(C)(C)C)N(CCOC)C1=O. The Labute approximate surface area is 115 Å². The third-order valence-electron chi connectivity index (χ3n) is 3.76. The second-order valence-electron chi connectivity index (χ2n) is 6.43. The molecule has 0 aromatic carbocycles. The van der Waals surface area contributed by atoms with E-state index in [1.54, 1.807) is 18.9 Å². The number of rotatable bonds is 4. The van der Waals surface area contributed by atoms with Crippen molar-refractivity contribution in [3.8, 4) is 0 Å². The number of hydrogen-bond acceptors (Lipinski definition) is 3. The minimum atomic E-state index is -0.799. The molecule has 1 aliphatic heterocycles. The van der Waals surface area contributed by atoms with E-state index in [0.717, 1.165) is 0 Å². The molecule has 1 fully saturated rings. The van der Waals surface area contributed by atoms with Crippen LogP contribution in [-0.2, 0) is 14.3 Å². The number of hydrogen-bond donors (Lipinski definition) is 1. The number of nitrogens with zero attached hydrogens (tertiary/aromatic N) is 1. The van der Waals surface area contributed by atoms with E-state index in [1.807, 2.05) is 27.7 Å². The van der Waals surface area contributed by atoms with Gasteiger partial charge < -0.3 is 15.0 Å². The molecule has 2 unspecified atom stereocenters. The van der Waals surface area contributed by atoms with Gasteiger partial charge in [-0.3, -0.25) is 9.59 Å². The molecule has 0 aliphatic carbocycles. The van der Waals surface area contributed by atoms with Crippen molar-refractivity contribution in [3.05, 3.63) is 0 Å². The molecule has 0 radical (unpaired) electrons. The summed E-state index contributed by atoms with van der Waals surface area (Å²) < 4.78 is 5.07. The molecule has 5 nitrogen and oxygen atoms in total. The van der Waals surface area contributed by atoms with E-state index in [1.165, 1.54) is 0 Å². The van der Waals surface area contributed by atoms with Crippen LogP contribution in [0.25, 0.3) is 0 Å². The van der Waals surface area contributed by atoms with Crippen LogP contribution in [-0.4, -0.2) is 48.6 Å². The maximum absolute atomic E-state index is 12.6. The first-order valence-corrected chi connectivity index (χ1v) is 6.79. The highest BCUT2D eigenvalue weighted by Gasteiger charge is 2.50. The van der Waals surface area contributed by atoms with Crippen molar-refractivity contribution in [2.75, 3.05) is 20.3 Å². The maximum Gasteiger partial charge on any atom is 0.248 e. The first-order chi connectivity index (χ1) is 8.67. The predicted molar refractivity (Wildman–Crippen MR) is 73.7 cm³/mol. The zero-order chi connectivity index (χ0) is 14.8. The van der Waals surface area contributed by atoms with Crippen LogP contribution in [0.3, 0.4) is 0 Å². The molecule has 0 aromatic heterocycles. The van der Waals surface area contributed by atoms with Crippen LogP contribution < -0.4 is 5.32 Å². The molecule has 1 heterocycles. The van der Waals surface area contributed by atoms with Crippen LogP contribution in [0.15, 0.2) is 0 Å². The average molecular weight is 270 g/mol. The molecule has 2 atom stereocenters. The third kappa shape index (κ3) is 3.08. The Morgan fingerprint density at radius 1 is 1.37 bits per heavy atom. The molecule has 0 spiro atoms.